The number of aromatic nitrogens is 1. The van der Waals surface area contributed by atoms with Crippen molar-refractivity contribution < 1.29 is 26.7 Å². The predicted molar refractivity (Wildman–Crippen MR) is 74.5 cm³/mol. The third-order valence-electron chi connectivity index (χ3n) is 3.08. The monoisotopic (exact) mass is 340 g/mol. The predicted octanol–water partition coefficient (Wildman–Crippen LogP) is 2.18. The van der Waals surface area contributed by atoms with E-state index in [0.717, 1.165) is 18.3 Å². The fraction of sp³-hybridized carbons (Fsp3) is 0.615. The molecule has 1 heterocycles. The van der Waals surface area contributed by atoms with Crippen molar-refractivity contribution in [3.05, 3.63) is 24.0 Å². The highest BCUT2D eigenvalue weighted by atomic mass is 32.2. The van der Waals surface area contributed by atoms with Crippen LogP contribution in [0, 0.1) is 5.41 Å². The molecule has 0 aromatic carbocycles. The average Bonchev–Trinajstić information content (AvgIpc) is 2.42. The van der Waals surface area contributed by atoms with E-state index in [2.05, 4.69) is 9.71 Å². The van der Waals surface area contributed by atoms with Crippen LogP contribution in [0.4, 0.5) is 13.2 Å². The van der Waals surface area contributed by atoms with Gasteiger partial charge in [0.15, 0.2) is 5.69 Å². The number of hydrogen-bond acceptors (Lipinski definition) is 4. The molecule has 0 radical (unpaired) electrons. The number of pyridine rings is 1. The van der Waals surface area contributed by atoms with Gasteiger partial charge in [-0.05, 0) is 30.4 Å². The summed E-state index contributed by atoms with van der Waals surface area (Å²) in [5.74, 6) is 0. The number of hydrogen-bond donors (Lipinski definition) is 2. The Morgan fingerprint density at radius 3 is 2.50 bits per heavy atom. The molecule has 0 aliphatic carbocycles. The molecule has 0 atom stereocenters. The molecule has 0 unspecified atom stereocenters. The molecule has 0 saturated heterocycles. The first kappa shape index (κ1) is 18.9. The number of sulfonamides is 1. The lowest BCUT2D eigenvalue weighted by Gasteiger charge is -2.24. The second-order valence-electron chi connectivity index (χ2n) is 5.66. The Morgan fingerprint density at radius 2 is 1.95 bits per heavy atom. The van der Waals surface area contributed by atoms with Crippen LogP contribution in [-0.2, 0) is 16.2 Å². The highest BCUT2D eigenvalue weighted by Crippen LogP contribution is 2.32. The Bertz CT molecular complexity index is 601. The smallest absolute Gasteiger partial charge is 0.396 e. The molecule has 0 amide bonds. The molecule has 0 saturated carbocycles. The Balaban J connectivity index is 2.97. The zero-order chi connectivity index (χ0) is 17.0. The van der Waals surface area contributed by atoms with Crippen LogP contribution in [0.1, 0.15) is 32.4 Å². The Morgan fingerprint density at radius 1 is 1.32 bits per heavy atom. The molecule has 1 aromatic rings. The third-order valence-corrected chi connectivity index (χ3v) is 4.51. The van der Waals surface area contributed by atoms with Gasteiger partial charge in [0.2, 0.25) is 10.0 Å². The van der Waals surface area contributed by atoms with Gasteiger partial charge >= 0.3 is 6.18 Å². The maximum Gasteiger partial charge on any atom is 0.434 e. The van der Waals surface area contributed by atoms with Crippen molar-refractivity contribution in [2.24, 2.45) is 5.41 Å². The van der Waals surface area contributed by atoms with Crippen molar-refractivity contribution in [2.45, 2.75) is 37.8 Å². The molecule has 0 fully saturated rings. The molecule has 1 rings (SSSR count). The van der Waals surface area contributed by atoms with E-state index in [4.69, 9.17) is 5.11 Å². The molecular weight excluding hydrogens is 321 g/mol. The molecule has 1 aromatic heterocycles. The minimum absolute atomic E-state index is 0.0307. The molecule has 0 spiro atoms. The number of nitrogens with one attached hydrogen (secondary N) is 1. The van der Waals surface area contributed by atoms with Crippen molar-refractivity contribution >= 4 is 10.0 Å². The van der Waals surface area contributed by atoms with Crippen LogP contribution in [-0.4, -0.2) is 31.7 Å². The van der Waals surface area contributed by atoms with Gasteiger partial charge in [-0.2, -0.15) is 13.2 Å². The molecule has 0 aliphatic heterocycles. The van der Waals surface area contributed by atoms with E-state index in [9.17, 15) is 21.6 Å². The number of aliphatic hydroxyl groups is 1. The van der Waals surface area contributed by atoms with E-state index in [1.807, 2.05) is 0 Å². The van der Waals surface area contributed by atoms with Crippen molar-refractivity contribution in [1.82, 2.24) is 9.71 Å². The van der Waals surface area contributed by atoms with E-state index in [1.54, 1.807) is 13.8 Å². The standard InChI is InChI=1S/C13H19F3N2O3S/c1-12(2,6-4-8-19)9-18-22(20,21)10-5-3-7-17-11(10)13(14,15)16/h3,5,7,18-19H,4,6,8-9H2,1-2H3. The highest BCUT2D eigenvalue weighted by molar-refractivity contribution is 7.89. The maximum atomic E-state index is 12.8. The first-order valence-corrected chi connectivity index (χ1v) is 8.11. The number of alkyl halides is 3. The van der Waals surface area contributed by atoms with Crippen molar-refractivity contribution in [3.63, 3.8) is 0 Å². The fourth-order valence-electron chi connectivity index (χ4n) is 1.83. The summed E-state index contributed by atoms with van der Waals surface area (Å²) >= 11 is 0. The molecule has 9 heteroatoms. The van der Waals surface area contributed by atoms with Crippen molar-refractivity contribution in [3.8, 4) is 0 Å². The molecule has 2 N–H and O–H groups in total. The molecule has 126 valence electrons. The van der Waals surface area contributed by atoms with Gasteiger partial charge in [-0.15, -0.1) is 0 Å². The zero-order valence-electron chi connectivity index (χ0n) is 12.3. The first-order valence-electron chi connectivity index (χ1n) is 6.62. The van der Waals surface area contributed by atoms with Gasteiger partial charge in [-0.1, -0.05) is 13.8 Å². The lowest BCUT2D eigenvalue weighted by molar-refractivity contribution is -0.143. The van der Waals surface area contributed by atoms with Gasteiger partial charge in [0.1, 0.15) is 4.90 Å². The Kier molecular flexibility index (Phi) is 5.94. The summed E-state index contributed by atoms with van der Waals surface area (Å²) in [5.41, 5.74) is -1.92. The minimum atomic E-state index is -4.85. The quantitative estimate of drug-likeness (QED) is 0.797. The van der Waals surface area contributed by atoms with Gasteiger partial charge < -0.3 is 5.11 Å². The number of halogens is 3. The average molecular weight is 340 g/mol. The second kappa shape index (κ2) is 6.93. The van der Waals surface area contributed by atoms with Crippen LogP contribution in [0.25, 0.3) is 0 Å². The van der Waals surface area contributed by atoms with E-state index in [-0.39, 0.29) is 13.2 Å². The van der Waals surface area contributed by atoms with E-state index in [0.29, 0.717) is 12.8 Å². The Hall–Kier alpha value is -1.19. The van der Waals surface area contributed by atoms with Crippen molar-refractivity contribution in [2.75, 3.05) is 13.2 Å². The van der Waals surface area contributed by atoms with Crippen LogP contribution in [0.2, 0.25) is 0 Å². The van der Waals surface area contributed by atoms with Crippen LogP contribution in [0.3, 0.4) is 0 Å². The maximum absolute atomic E-state index is 12.8. The summed E-state index contributed by atoms with van der Waals surface area (Å²) in [4.78, 5) is 2.24. The summed E-state index contributed by atoms with van der Waals surface area (Å²) in [6.45, 7) is 3.46. The molecule has 5 nitrogen and oxygen atoms in total. The number of nitrogens with zero attached hydrogens (tertiary/aromatic N) is 1. The van der Waals surface area contributed by atoms with Crippen LogP contribution >= 0.6 is 0 Å². The third kappa shape index (κ3) is 5.22. The summed E-state index contributed by atoms with van der Waals surface area (Å²) in [5, 5.41) is 8.79. The lowest BCUT2D eigenvalue weighted by atomic mass is 9.88. The summed E-state index contributed by atoms with van der Waals surface area (Å²) in [6, 6.07) is 2.01. The van der Waals surface area contributed by atoms with Crippen LogP contribution < -0.4 is 4.72 Å². The lowest BCUT2D eigenvalue weighted by Crippen LogP contribution is -2.35. The second-order valence-corrected chi connectivity index (χ2v) is 7.40. The van der Waals surface area contributed by atoms with Crippen molar-refractivity contribution in [1.29, 1.82) is 0 Å². The van der Waals surface area contributed by atoms with Gasteiger partial charge in [-0.25, -0.2) is 13.1 Å². The largest absolute Gasteiger partial charge is 0.434 e. The Labute approximate surface area is 127 Å². The number of rotatable bonds is 7. The topological polar surface area (TPSA) is 79.3 Å². The van der Waals surface area contributed by atoms with Crippen LogP contribution in [0.15, 0.2) is 23.2 Å². The first-order chi connectivity index (χ1) is 9.99. The van der Waals surface area contributed by atoms with Gasteiger partial charge in [-0.3, -0.25) is 4.98 Å². The van der Waals surface area contributed by atoms with Gasteiger partial charge in [0, 0.05) is 19.3 Å². The minimum Gasteiger partial charge on any atom is -0.396 e. The summed E-state index contributed by atoms with van der Waals surface area (Å²) in [6.07, 6.45) is -2.94. The normalized spacial score (nSPS) is 13.4. The van der Waals surface area contributed by atoms with E-state index < -0.39 is 32.2 Å². The summed E-state index contributed by atoms with van der Waals surface area (Å²) < 4.78 is 64.9. The fourth-order valence-corrected chi connectivity index (χ4v) is 3.25. The van der Waals surface area contributed by atoms with Gasteiger partial charge in [0.25, 0.3) is 0 Å². The number of aliphatic hydroxyl groups excluding tert-OH is 1. The molecule has 0 bridgehead atoms. The highest BCUT2D eigenvalue weighted by Gasteiger charge is 2.39. The van der Waals surface area contributed by atoms with E-state index in [1.165, 1.54) is 0 Å². The molecule has 22 heavy (non-hydrogen) atoms. The molecular formula is C13H19F3N2O3S. The van der Waals surface area contributed by atoms with E-state index >= 15 is 0 Å². The summed E-state index contributed by atoms with van der Waals surface area (Å²) in [7, 11) is -4.33. The molecule has 0 aliphatic rings. The zero-order valence-corrected chi connectivity index (χ0v) is 13.1. The van der Waals surface area contributed by atoms with Gasteiger partial charge in [0.05, 0.1) is 0 Å². The SMILES string of the molecule is CC(C)(CCCO)CNS(=O)(=O)c1cccnc1C(F)(F)F. The van der Waals surface area contributed by atoms with Crippen LogP contribution in [0.5, 0.6) is 0 Å².